The average Bonchev–Trinajstić information content (AvgIpc) is 3.39. The number of piperidine rings is 1. The maximum atomic E-state index is 12.4. The van der Waals surface area contributed by atoms with Gasteiger partial charge in [-0.15, -0.1) is 13.2 Å². The summed E-state index contributed by atoms with van der Waals surface area (Å²) in [6.45, 7) is 0.884. The Kier molecular flexibility index (Phi) is 5.24. The van der Waals surface area contributed by atoms with E-state index < -0.39 is 12.1 Å². The van der Waals surface area contributed by atoms with E-state index in [4.69, 9.17) is 0 Å². The standard InChI is InChI=1S/C17H20F3N3O3/c18-17(19,20)26-14-4-2-1-3-13(14)22-15(24)11-7-9-23(10-8-11)16(25)21-12-5-6-12/h1-4,11-12H,5-10H2,(H,21,25)(H,22,24). The van der Waals surface area contributed by atoms with Gasteiger partial charge < -0.3 is 20.3 Å². The molecule has 9 heteroatoms. The molecule has 3 rings (SSSR count). The maximum Gasteiger partial charge on any atom is 0.573 e. The summed E-state index contributed by atoms with van der Waals surface area (Å²) in [4.78, 5) is 26.0. The molecular weight excluding hydrogens is 351 g/mol. The van der Waals surface area contributed by atoms with Crippen LogP contribution in [0.25, 0.3) is 0 Å². The Bertz CT molecular complexity index is 669. The Morgan fingerprint density at radius 3 is 2.35 bits per heavy atom. The van der Waals surface area contributed by atoms with Crippen molar-refractivity contribution < 1.29 is 27.5 Å². The molecule has 0 aromatic heterocycles. The molecule has 1 saturated carbocycles. The Morgan fingerprint density at radius 1 is 1.08 bits per heavy atom. The molecule has 2 fully saturated rings. The number of carbonyl (C=O) groups excluding carboxylic acids is 2. The number of ether oxygens (including phenoxy) is 1. The zero-order chi connectivity index (χ0) is 18.7. The highest BCUT2D eigenvalue weighted by molar-refractivity contribution is 5.94. The van der Waals surface area contributed by atoms with E-state index in [-0.39, 0.29) is 29.6 Å². The summed E-state index contributed by atoms with van der Waals surface area (Å²) in [5.74, 6) is -1.18. The molecule has 1 heterocycles. The quantitative estimate of drug-likeness (QED) is 0.854. The predicted octanol–water partition coefficient (Wildman–Crippen LogP) is 3.11. The lowest BCUT2D eigenvalue weighted by Gasteiger charge is -2.31. The summed E-state index contributed by atoms with van der Waals surface area (Å²) >= 11 is 0. The van der Waals surface area contributed by atoms with Crippen LogP contribution in [-0.2, 0) is 4.79 Å². The lowest BCUT2D eigenvalue weighted by atomic mass is 9.96. The van der Waals surface area contributed by atoms with Crippen LogP contribution in [0.2, 0.25) is 0 Å². The van der Waals surface area contributed by atoms with Crippen LogP contribution in [-0.4, -0.2) is 42.3 Å². The number of amides is 3. The van der Waals surface area contributed by atoms with Crippen LogP contribution in [0.5, 0.6) is 5.75 Å². The second-order valence-electron chi connectivity index (χ2n) is 6.52. The van der Waals surface area contributed by atoms with E-state index in [0.717, 1.165) is 18.9 Å². The van der Waals surface area contributed by atoms with Gasteiger partial charge in [0.2, 0.25) is 5.91 Å². The molecule has 2 N–H and O–H groups in total. The zero-order valence-corrected chi connectivity index (χ0v) is 14.0. The number of para-hydroxylation sites is 2. The van der Waals surface area contributed by atoms with Gasteiger partial charge in [-0.2, -0.15) is 0 Å². The number of likely N-dealkylation sites (tertiary alicyclic amines) is 1. The molecule has 3 amide bonds. The monoisotopic (exact) mass is 371 g/mol. The van der Waals surface area contributed by atoms with Gasteiger partial charge in [0.15, 0.2) is 5.75 Å². The van der Waals surface area contributed by atoms with Crippen LogP contribution in [0.4, 0.5) is 23.7 Å². The number of urea groups is 1. The Labute approximate surface area is 148 Å². The first-order chi connectivity index (χ1) is 12.3. The number of anilines is 1. The summed E-state index contributed by atoms with van der Waals surface area (Å²) in [6.07, 6.45) is -1.90. The van der Waals surface area contributed by atoms with Gasteiger partial charge in [0.05, 0.1) is 5.69 Å². The van der Waals surface area contributed by atoms with Crippen molar-refractivity contribution in [2.24, 2.45) is 5.92 Å². The summed E-state index contributed by atoms with van der Waals surface area (Å²) in [5, 5.41) is 5.41. The lowest BCUT2D eigenvalue weighted by Crippen LogP contribution is -2.46. The van der Waals surface area contributed by atoms with Gasteiger partial charge in [-0.3, -0.25) is 4.79 Å². The average molecular weight is 371 g/mol. The van der Waals surface area contributed by atoms with Gasteiger partial charge in [0, 0.05) is 25.0 Å². The summed E-state index contributed by atoms with van der Waals surface area (Å²) in [5.41, 5.74) is -0.0243. The minimum Gasteiger partial charge on any atom is -0.404 e. The molecule has 26 heavy (non-hydrogen) atoms. The van der Waals surface area contributed by atoms with E-state index >= 15 is 0 Å². The van der Waals surface area contributed by atoms with Gasteiger partial charge in [0.25, 0.3) is 0 Å². The third-order valence-electron chi connectivity index (χ3n) is 4.43. The first-order valence-corrected chi connectivity index (χ1v) is 8.53. The van der Waals surface area contributed by atoms with Crippen molar-refractivity contribution in [3.63, 3.8) is 0 Å². The number of nitrogens with one attached hydrogen (secondary N) is 2. The van der Waals surface area contributed by atoms with E-state index in [1.807, 2.05) is 0 Å². The highest BCUT2D eigenvalue weighted by Gasteiger charge is 2.33. The fourth-order valence-corrected chi connectivity index (χ4v) is 2.86. The van der Waals surface area contributed by atoms with Crippen LogP contribution in [0.15, 0.2) is 24.3 Å². The molecule has 6 nitrogen and oxygen atoms in total. The van der Waals surface area contributed by atoms with Crippen LogP contribution in [0.1, 0.15) is 25.7 Å². The minimum atomic E-state index is -4.83. The normalized spacial score (nSPS) is 18.3. The highest BCUT2D eigenvalue weighted by Crippen LogP contribution is 2.31. The van der Waals surface area contributed by atoms with E-state index in [9.17, 15) is 22.8 Å². The number of rotatable bonds is 4. The topological polar surface area (TPSA) is 70.7 Å². The fraction of sp³-hybridized carbons (Fsp3) is 0.529. The van der Waals surface area contributed by atoms with Gasteiger partial charge in [-0.05, 0) is 37.8 Å². The van der Waals surface area contributed by atoms with Crippen LogP contribution < -0.4 is 15.4 Å². The van der Waals surface area contributed by atoms with E-state index in [1.54, 1.807) is 4.90 Å². The van der Waals surface area contributed by atoms with Gasteiger partial charge in [0.1, 0.15) is 0 Å². The number of nitrogens with zero attached hydrogens (tertiary/aromatic N) is 1. The number of hydrogen-bond acceptors (Lipinski definition) is 3. The largest absolute Gasteiger partial charge is 0.573 e. The molecule has 1 aliphatic carbocycles. The smallest absolute Gasteiger partial charge is 0.404 e. The second kappa shape index (κ2) is 7.43. The summed E-state index contributed by atoms with van der Waals surface area (Å²) in [7, 11) is 0. The van der Waals surface area contributed by atoms with Crippen LogP contribution in [0.3, 0.4) is 0 Å². The first kappa shape index (κ1) is 18.3. The Balaban J connectivity index is 1.54. The SMILES string of the molecule is O=C(Nc1ccccc1OC(F)(F)F)C1CCN(C(=O)NC2CC2)CC1. The van der Waals surface area contributed by atoms with E-state index in [2.05, 4.69) is 15.4 Å². The van der Waals surface area contributed by atoms with Crippen LogP contribution in [0, 0.1) is 5.92 Å². The van der Waals surface area contributed by atoms with Crippen molar-refractivity contribution in [3.05, 3.63) is 24.3 Å². The number of halogens is 3. The molecule has 0 radical (unpaired) electrons. The number of carbonyl (C=O) groups is 2. The molecule has 142 valence electrons. The molecule has 1 aromatic rings. The van der Waals surface area contributed by atoms with Gasteiger partial charge >= 0.3 is 12.4 Å². The molecule has 0 bridgehead atoms. The molecule has 0 atom stereocenters. The number of hydrogen-bond donors (Lipinski definition) is 2. The molecular formula is C17H20F3N3O3. The summed E-state index contributed by atoms with van der Waals surface area (Å²) in [6, 6.07) is 5.58. The van der Waals surface area contributed by atoms with E-state index in [0.29, 0.717) is 25.9 Å². The molecule has 1 saturated heterocycles. The van der Waals surface area contributed by atoms with Crippen molar-refractivity contribution >= 4 is 17.6 Å². The third-order valence-corrected chi connectivity index (χ3v) is 4.43. The van der Waals surface area contributed by atoms with Crippen molar-refractivity contribution in [3.8, 4) is 5.75 Å². The van der Waals surface area contributed by atoms with Crippen molar-refractivity contribution in [1.29, 1.82) is 0 Å². The van der Waals surface area contributed by atoms with E-state index in [1.165, 1.54) is 18.2 Å². The predicted molar refractivity (Wildman–Crippen MR) is 87.6 cm³/mol. The van der Waals surface area contributed by atoms with Crippen LogP contribution >= 0.6 is 0 Å². The minimum absolute atomic E-state index is 0.0243. The second-order valence-corrected chi connectivity index (χ2v) is 6.52. The first-order valence-electron chi connectivity index (χ1n) is 8.53. The molecule has 0 unspecified atom stereocenters. The third kappa shape index (κ3) is 5.03. The molecule has 2 aliphatic rings. The van der Waals surface area contributed by atoms with Crippen molar-refractivity contribution in [2.45, 2.75) is 38.1 Å². The molecule has 1 aromatic carbocycles. The highest BCUT2D eigenvalue weighted by atomic mass is 19.4. The Morgan fingerprint density at radius 2 is 1.73 bits per heavy atom. The molecule has 1 aliphatic heterocycles. The lowest BCUT2D eigenvalue weighted by molar-refractivity contribution is -0.274. The number of alkyl halides is 3. The van der Waals surface area contributed by atoms with Crippen molar-refractivity contribution in [2.75, 3.05) is 18.4 Å². The zero-order valence-electron chi connectivity index (χ0n) is 14.0. The maximum absolute atomic E-state index is 12.4. The van der Waals surface area contributed by atoms with Gasteiger partial charge in [-0.25, -0.2) is 4.79 Å². The summed E-state index contributed by atoms with van der Waals surface area (Å²) < 4.78 is 41.3. The van der Waals surface area contributed by atoms with Crippen molar-refractivity contribution in [1.82, 2.24) is 10.2 Å². The number of benzene rings is 1. The van der Waals surface area contributed by atoms with Gasteiger partial charge in [-0.1, -0.05) is 12.1 Å². The fourth-order valence-electron chi connectivity index (χ4n) is 2.86. The Hall–Kier alpha value is -2.45. The molecule has 0 spiro atoms.